The Morgan fingerprint density at radius 3 is 1.32 bits per heavy atom. The van der Waals surface area contributed by atoms with Gasteiger partial charge in [-0.15, -0.1) is 0 Å². The van der Waals surface area contributed by atoms with Crippen LogP contribution in [0.2, 0.25) is 0 Å². The van der Waals surface area contributed by atoms with Crippen molar-refractivity contribution < 1.29 is 40.5 Å². The highest BCUT2D eigenvalue weighted by Gasteiger charge is 2.16. The lowest BCUT2D eigenvalue weighted by molar-refractivity contribution is -0.138. The summed E-state index contributed by atoms with van der Waals surface area (Å²) in [5.74, 6) is -4.70. The van der Waals surface area contributed by atoms with E-state index in [0.29, 0.717) is 11.1 Å². The van der Waals surface area contributed by atoms with Crippen LogP contribution in [0, 0.1) is 0 Å². The molecule has 9 nitrogen and oxygen atoms in total. The summed E-state index contributed by atoms with van der Waals surface area (Å²) < 4.78 is 0. The van der Waals surface area contributed by atoms with Crippen molar-refractivity contribution in [2.75, 3.05) is 6.54 Å². The van der Waals surface area contributed by atoms with E-state index < -0.39 is 47.0 Å². The minimum absolute atomic E-state index is 0.0178. The molecule has 2 aromatic rings. The molecular formula is C16H17NO8. The van der Waals surface area contributed by atoms with E-state index in [9.17, 15) is 35.4 Å². The van der Waals surface area contributed by atoms with E-state index in [2.05, 4.69) is 0 Å². The number of rotatable bonds is 6. The van der Waals surface area contributed by atoms with Crippen LogP contribution in [0.15, 0.2) is 24.3 Å². The maximum absolute atomic E-state index is 11.0. The van der Waals surface area contributed by atoms with Crippen molar-refractivity contribution in [1.82, 2.24) is 4.90 Å². The molecule has 0 radical (unpaired) electrons. The first-order valence-electron chi connectivity index (χ1n) is 7.09. The molecule has 0 fully saturated rings. The number of nitrogens with zero attached hydrogens (tertiary/aromatic N) is 1. The molecule has 0 aromatic heterocycles. The van der Waals surface area contributed by atoms with Crippen molar-refractivity contribution in [3.05, 3.63) is 35.4 Å². The zero-order valence-corrected chi connectivity index (χ0v) is 12.9. The molecule has 0 aliphatic carbocycles. The topological polar surface area (TPSA) is 162 Å². The summed E-state index contributed by atoms with van der Waals surface area (Å²) in [6.45, 7) is -0.447. The van der Waals surface area contributed by atoms with Crippen molar-refractivity contribution in [2.24, 2.45) is 0 Å². The SMILES string of the molecule is O=C(O)CN(Cc1cc(O)c(O)c(O)c1)Cc1cc(O)c(O)c(O)c1. The molecule has 134 valence electrons. The number of phenols is 6. The predicted octanol–water partition coefficient (Wildman–Crippen LogP) is 1.01. The van der Waals surface area contributed by atoms with E-state index in [1.54, 1.807) is 0 Å². The van der Waals surface area contributed by atoms with Crippen LogP contribution < -0.4 is 0 Å². The smallest absolute Gasteiger partial charge is 0.317 e. The first-order chi connectivity index (χ1) is 11.7. The average molecular weight is 351 g/mol. The third-order valence-corrected chi connectivity index (χ3v) is 3.43. The van der Waals surface area contributed by atoms with Gasteiger partial charge >= 0.3 is 5.97 Å². The van der Waals surface area contributed by atoms with Crippen molar-refractivity contribution >= 4 is 5.97 Å². The number of aliphatic carboxylic acids is 1. The Hall–Kier alpha value is -3.33. The average Bonchev–Trinajstić information content (AvgIpc) is 2.49. The summed E-state index contributed by atoms with van der Waals surface area (Å²) in [6, 6.07) is 4.71. The van der Waals surface area contributed by atoms with Gasteiger partial charge in [-0.1, -0.05) is 0 Å². The van der Waals surface area contributed by atoms with E-state index in [1.165, 1.54) is 29.2 Å². The molecule has 0 saturated carbocycles. The zero-order valence-electron chi connectivity index (χ0n) is 12.9. The highest BCUT2D eigenvalue weighted by Crippen LogP contribution is 2.37. The second-order valence-electron chi connectivity index (χ2n) is 5.50. The van der Waals surface area contributed by atoms with Gasteiger partial charge in [-0.25, -0.2) is 0 Å². The summed E-state index contributed by atoms with van der Waals surface area (Å²) >= 11 is 0. The van der Waals surface area contributed by atoms with Gasteiger partial charge in [-0.2, -0.15) is 0 Å². The maximum Gasteiger partial charge on any atom is 0.317 e. The van der Waals surface area contributed by atoms with Crippen LogP contribution in [0.3, 0.4) is 0 Å². The second-order valence-corrected chi connectivity index (χ2v) is 5.50. The fraction of sp³-hybridized carbons (Fsp3) is 0.188. The molecule has 7 N–H and O–H groups in total. The quantitative estimate of drug-likeness (QED) is 0.376. The fourth-order valence-electron chi connectivity index (χ4n) is 2.38. The van der Waals surface area contributed by atoms with E-state index in [1.807, 2.05) is 0 Å². The minimum Gasteiger partial charge on any atom is -0.504 e. The Kier molecular flexibility index (Phi) is 5.08. The van der Waals surface area contributed by atoms with Crippen molar-refractivity contribution in [3.63, 3.8) is 0 Å². The number of aromatic hydroxyl groups is 6. The largest absolute Gasteiger partial charge is 0.504 e. The lowest BCUT2D eigenvalue weighted by atomic mass is 10.1. The molecule has 2 aromatic carbocycles. The summed E-state index contributed by atoms with van der Waals surface area (Å²) in [6.07, 6.45) is 0. The number of carboxylic acid groups (broad SMARTS) is 1. The fourth-order valence-corrected chi connectivity index (χ4v) is 2.38. The van der Waals surface area contributed by atoms with Gasteiger partial charge in [0.2, 0.25) is 0 Å². The lowest BCUT2D eigenvalue weighted by Crippen LogP contribution is -2.28. The van der Waals surface area contributed by atoms with Crippen molar-refractivity contribution in [3.8, 4) is 34.5 Å². The lowest BCUT2D eigenvalue weighted by Gasteiger charge is -2.21. The van der Waals surface area contributed by atoms with Crippen LogP contribution in [0.5, 0.6) is 34.5 Å². The highest BCUT2D eigenvalue weighted by atomic mass is 16.4. The maximum atomic E-state index is 11.0. The molecule has 2 rings (SSSR count). The van der Waals surface area contributed by atoms with E-state index >= 15 is 0 Å². The Balaban J connectivity index is 2.26. The summed E-state index contributed by atoms with van der Waals surface area (Å²) in [5.41, 5.74) is 0.669. The van der Waals surface area contributed by atoms with Crippen LogP contribution >= 0.6 is 0 Å². The third kappa shape index (κ3) is 4.36. The number of benzene rings is 2. The van der Waals surface area contributed by atoms with Crippen LogP contribution in [0.25, 0.3) is 0 Å². The van der Waals surface area contributed by atoms with Gasteiger partial charge in [0.25, 0.3) is 0 Å². The zero-order chi connectivity index (χ0) is 18.7. The van der Waals surface area contributed by atoms with Gasteiger partial charge in [0.05, 0.1) is 6.54 Å². The molecule has 0 atom stereocenters. The molecule has 25 heavy (non-hydrogen) atoms. The van der Waals surface area contributed by atoms with Crippen LogP contribution in [-0.4, -0.2) is 53.2 Å². The molecule has 0 unspecified atom stereocenters. The van der Waals surface area contributed by atoms with E-state index in [-0.39, 0.29) is 13.1 Å². The van der Waals surface area contributed by atoms with Crippen LogP contribution in [0.1, 0.15) is 11.1 Å². The van der Waals surface area contributed by atoms with Gasteiger partial charge in [-0.3, -0.25) is 9.69 Å². The van der Waals surface area contributed by atoms with Gasteiger partial charge in [0.1, 0.15) is 0 Å². The summed E-state index contributed by atoms with van der Waals surface area (Å²) in [4.78, 5) is 12.4. The molecule has 0 spiro atoms. The van der Waals surface area contributed by atoms with Crippen molar-refractivity contribution in [1.29, 1.82) is 0 Å². The first kappa shape index (κ1) is 18.0. The minimum atomic E-state index is -1.14. The van der Waals surface area contributed by atoms with Gasteiger partial charge in [0.15, 0.2) is 34.5 Å². The van der Waals surface area contributed by atoms with Crippen LogP contribution in [-0.2, 0) is 17.9 Å². The monoisotopic (exact) mass is 351 g/mol. The number of hydrogen-bond acceptors (Lipinski definition) is 8. The number of phenolic OH excluding ortho intramolecular Hbond substituents is 6. The summed E-state index contributed by atoms with van der Waals surface area (Å²) in [7, 11) is 0. The first-order valence-corrected chi connectivity index (χ1v) is 7.09. The Bertz CT molecular complexity index is 699. The molecule has 0 bridgehead atoms. The molecule has 0 aliphatic rings. The molecule has 0 saturated heterocycles. The van der Waals surface area contributed by atoms with E-state index in [0.717, 1.165) is 0 Å². The molecule has 9 heteroatoms. The van der Waals surface area contributed by atoms with Gasteiger partial charge < -0.3 is 35.7 Å². The number of carbonyl (C=O) groups is 1. The summed E-state index contributed by atoms with van der Waals surface area (Å²) in [5, 5.41) is 65.8. The number of carboxylic acids is 1. The number of hydrogen-bond donors (Lipinski definition) is 7. The third-order valence-electron chi connectivity index (χ3n) is 3.43. The van der Waals surface area contributed by atoms with Gasteiger partial charge in [0, 0.05) is 13.1 Å². The molecule has 0 aliphatic heterocycles. The van der Waals surface area contributed by atoms with Crippen LogP contribution in [0.4, 0.5) is 0 Å². The molecule has 0 heterocycles. The second kappa shape index (κ2) is 7.05. The van der Waals surface area contributed by atoms with Crippen molar-refractivity contribution in [2.45, 2.75) is 13.1 Å². The molecular weight excluding hydrogens is 334 g/mol. The standard InChI is InChI=1S/C16H17NO8/c18-10-1-8(2-11(19)15(10)24)5-17(7-14(22)23)6-9-3-12(20)16(25)13(21)4-9/h1-4,18-21,24-25H,5-7H2,(H,22,23). The Labute approximate surface area is 141 Å². The predicted molar refractivity (Wildman–Crippen MR) is 84.6 cm³/mol. The molecule has 0 amide bonds. The highest BCUT2D eigenvalue weighted by molar-refractivity contribution is 5.69. The van der Waals surface area contributed by atoms with E-state index in [4.69, 9.17) is 5.11 Å². The Morgan fingerprint density at radius 1 is 0.720 bits per heavy atom. The van der Waals surface area contributed by atoms with Gasteiger partial charge in [-0.05, 0) is 35.4 Å². The normalized spacial score (nSPS) is 10.9. The Morgan fingerprint density at radius 2 is 1.04 bits per heavy atom.